The molecule has 0 atom stereocenters. The third-order valence-corrected chi connectivity index (χ3v) is 3.30. The highest BCUT2D eigenvalue weighted by molar-refractivity contribution is 8.04. The van der Waals surface area contributed by atoms with Crippen molar-refractivity contribution in [3.63, 3.8) is 0 Å². The van der Waals surface area contributed by atoms with Crippen molar-refractivity contribution in [3.05, 3.63) is 34.3 Å². The Morgan fingerprint density at radius 2 is 2.38 bits per heavy atom. The number of carbonyl (C=O) groups is 1. The van der Waals surface area contributed by atoms with E-state index in [1.54, 1.807) is 19.2 Å². The molecule has 1 heterocycles. The average molecular weight is 256 g/mol. The van der Waals surface area contributed by atoms with Crippen molar-refractivity contribution in [2.75, 3.05) is 11.9 Å². The Balaban J connectivity index is 2.20. The third kappa shape index (κ3) is 2.33. The number of halogens is 1. The standard InChI is InChI=1S/C11H10ClNO2S/c1-2-15-11(14)10-6-13-8-4-3-7(12)5-9(8)16-10/h3-6,13H,2H2,1H3. The molecule has 0 bridgehead atoms. The van der Waals surface area contributed by atoms with E-state index in [1.165, 1.54) is 11.8 Å². The van der Waals surface area contributed by atoms with Crippen LogP contribution in [-0.4, -0.2) is 12.6 Å². The van der Waals surface area contributed by atoms with Gasteiger partial charge in [0.1, 0.15) is 4.91 Å². The van der Waals surface area contributed by atoms with Crippen LogP contribution in [0.4, 0.5) is 5.69 Å². The van der Waals surface area contributed by atoms with Gasteiger partial charge >= 0.3 is 5.97 Å². The summed E-state index contributed by atoms with van der Waals surface area (Å²) in [5.74, 6) is -0.314. The maximum absolute atomic E-state index is 11.5. The second kappa shape index (κ2) is 4.80. The van der Waals surface area contributed by atoms with Gasteiger partial charge in [-0.3, -0.25) is 0 Å². The maximum Gasteiger partial charge on any atom is 0.346 e. The van der Waals surface area contributed by atoms with Gasteiger partial charge < -0.3 is 10.1 Å². The van der Waals surface area contributed by atoms with Crippen molar-refractivity contribution < 1.29 is 9.53 Å². The van der Waals surface area contributed by atoms with Crippen LogP contribution >= 0.6 is 23.4 Å². The van der Waals surface area contributed by atoms with Gasteiger partial charge in [0.2, 0.25) is 0 Å². The lowest BCUT2D eigenvalue weighted by molar-refractivity contribution is -0.137. The van der Waals surface area contributed by atoms with Gasteiger partial charge in [0, 0.05) is 16.1 Å². The van der Waals surface area contributed by atoms with E-state index in [2.05, 4.69) is 5.32 Å². The molecular weight excluding hydrogens is 246 g/mol. The fourth-order valence-corrected chi connectivity index (χ4v) is 2.45. The van der Waals surface area contributed by atoms with Gasteiger partial charge in [0.15, 0.2) is 0 Å². The zero-order chi connectivity index (χ0) is 11.5. The monoisotopic (exact) mass is 255 g/mol. The Kier molecular flexibility index (Phi) is 3.41. The van der Waals surface area contributed by atoms with E-state index < -0.39 is 0 Å². The summed E-state index contributed by atoms with van der Waals surface area (Å²) in [6.07, 6.45) is 1.65. The second-order valence-corrected chi connectivity index (χ2v) is 4.64. The van der Waals surface area contributed by atoms with Crippen molar-refractivity contribution in [2.24, 2.45) is 0 Å². The molecule has 1 aliphatic rings. The molecule has 0 aromatic heterocycles. The van der Waals surface area contributed by atoms with Gasteiger partial charge in [-0.05, 0) is 25.1 Å². The molecule has 5 heteroatoms. The summed E-state index contributed by atoms with van der Waals surface area (Å²) in [5, 5.41) is 3.69. The molecule has 0 unspecified atom stereocenters. The normalized spacial score (nSPS) is 13.5. The van der Waals surface area contributed by atoms with Crippen molar-refractivity contribution in [3.8, 4) is 0 Å². The van der Waals surface area contributed by atoms with Crippen LogP contribution in [0.15, 0.2) is 34.2 Å². The SMILES string of the molecule is CCOC(=O)C1=CNc2ccc(Cl)cc2S1. The number of carbonyl (C=O) groups excluding carboxylic acids is 1. The number of nitrogens with one attached hydrogen (secondary N) is 1. The molecule has 2 rings (SSSR count). The van der Waals surface area contributed by atoms with E-state index >= 15 is 0 Å². The van der Waals surface area contributed by atoms with Crippen LogP contribution in [0.1, 0.15) is 6.92 Å². The molecule has 1 aliphatic heterocycles. The molecule has 16 heavy (non-hydrogen) atoms. The largest absolute Gasteiger partial charge is 0.462 e. The number of rotatable bonds is 2. The van der Waals surface area contributed by atoms with Crippen LogP contribution < -0.4 is 5.32 Å². The van der Waals surface area contributed by atoms with Gasteiger partial charge in [0.25, 0.3) is 0 Å². The summed E-state index contributed by atoms with van der Waals surface area (Å²) < 4.78 is 4.93. The Bertz CT molecular complexity index is 459. The van der Waals surface area contributed by atoms with Crippen molar-refractivity contribution in [1.29, 1.82) is 0 Å². The molecule has 1 aromatic carbocycles. The minimum atomic E-state index is -0.314. The molecule has 0 saturated carbocycles. The molecule has 0 aliphatic carbocycles. The summed E-state index contributed by atoms with van der Waals surface area (Å²) in [6.45, 7) is 2.16. The van der Waals surface area contributed by atoms with E-state index in [0.29, 0.717) is 16.5 Å². The lowest BCUT2D eigenvalue weighted by Gasteiger charge is -2.16. The van der Waals surface area contributed by atoms with Crippen LogP contribution in [0, 0.1) is 0 Å². The van der Waals surface area contributed by atoms with E-state index in [9.17, 15) is 4.79 Å². The molecule has 0 amide bonds. The Morgan fingerprint density at radius 3 is 3.12 bits per heavy atom. The zero-order valence-electron chi connectivity index (χ0n) is 8.62. The molecule has 0 fully saturated rings. The van der Waals surface area contributed by atoms with Crippen LogP contribution in [-0.2, 0) is 9.53 Å². The molecule has 1 aromatic rings. The number of fused-ring (bicyclic) bond motifs is 1. The lowest BCUT2D eigenvalue weighted by Crippen LogP contribution is -2.09. The van der Waals surface area contributed by atoms with Gasteiger partial charge in [-0.15, -0.1) is 0 Å². The minimum Gasteiger partial charge on any atom is -0.462 e. The van der Waals surface area contributed by atoms with Gasteiger partial charge in [-0.25, -0.2) is 4.79 Å². The smallest absolute Gasteiger partial charge is 0.346 e. The van der Waals surface area contributed by atoms with Gasteiger partial charge in [-0.2, -0.15) is 0 Å². The maximum atomic E-state index is 11.5. The van der Waals surface area contributed by atoms with E-state index in [4.69, 9.17) is 16.3 Å². The molecule has 0 spiro atoms. The first-order valence-electron chi connectivity index (χ1n) is 4.82. The Labute approximate surface area is 103 Å². The van der Waals surface area contributed by atoms with E-state index in [0.717, 1.165) is 10.6 Å². The van der Waals surface area contributed by atoms with E-state index in [1.807, 2.05) is 12.1 Å². The highest BCUT2D eigenvalue weighted by Gasteiger charge is 2.18. The zero-order valence-corrected chi connectivity index (χ0v) is 10.2. The quantitative estimate of drug-likeness (QED) is 0.824. The summed E-state index contributed by atoms with van der Waals surface area (Å²) in [5.41, 5.74) is 0.947. The molecular formula is C11H10ClNO2S. The Hall–Kier alpha value is -1.13. The highest BCUT2D eigenvalue weighted by Crippen LogP contribution is 2.38. The molecule has 3 nitrogen and oxygen atoms in total. The number of anilines is 1. The van der Waals surface area contributed by atoms with E-state index in [-0.39, 0.29) is 5.97 Å². The summed E-state index contributed by atoms with van der Waals surface area (Å²) in [4.78, 5) is 13.0. The van der Waals surface area contributed by atoms with Gasteiger partial charge in [0.05, 0.1) is 12.3 Å². The fraction of sp³-hybridized carbons (Fsp3) is 0.182. The van der Waals surface area contributed by atoms with Crippen LogP contribution in [0.25, 0.3) is 0 Å². The predicted octanol–water partition coefficient (Wildman–Crippen LogP) is 3.26. The number of hydrogen-bond donors (Lipinski definition) is 1. The first kappa shape index (κ1) is 11.4. The van der Waals surface area contributed by atoms with Gasteiger partial charge in [-0.1, -0.05) is 23.4 Å². The molecule has 1 N–H and O–H groups in total. The summed E-state index contributed by atoms with van der Waals surface area (Å²) in [7, 11) is 0. The number of esters is 1. The summed E-state index contributed by atoms with van der Waals surface area (Å²) in [6, 6.07) is 5.50. The minimum absolute atomic E-state index is 0.314. The molecule has 0 radical (unpaired) electrons. The first-order chi connectivity index (χ1) is 7.70. The number of benzene rings is 1. The lowest BCUT2D eigenvalue weighted by atomic mass is 10.3. The Morgan fingerprint density at radius 1 is 1.56 bits per heavy atom. The topological polar surface area (TPSA) is 38.3 Å². The van der Waals surface area contributed by atoms with Crippen LogP contribution in [0.5, 0.6) is 0 Å². The van der Waals surface area contributed by atoms with Crippen molar-refractivity contribution >= 4 is 35.0 Å². The number of thioether (sulfide) groups is 1. The van der Waals surface area contributed by atoms with Crippen LogP contribution in [0.2, 0.25) is 5.02 Å². The molecule has 0 saturated heterocycles. The predicted molar refractivity (Wildman–Crippen MR) is 65.6 cm³/mol. The third-order valence-electron chi connectivity index (χ3n) is 2.00. The fourth-order valence-electron chi connectivity index (χ4n) is 1.29. The number of hydrogen-bond acceptors (Lipinski definition) is 4. The number of ether oxygens (including phenoxy) is 1. The molecule has 84 valence electrons. The van der Waals surface area contributed by atoms with Crippen LogP contribution in [0.3, 0.4) is 0 Å². The van der Waals surface area contributed by atoms with Crippen molar-refractivity contribution in [1.82, 2.24) is 0 Å². The highest BCUT2D eigenvalue weighted by atomic mass is 35.5. The average Bonchev–Trinajstić information content (AvgIpc) is 2.28. The second-order valence-electron chi connectivity index (χ2n) is 3.12. The van der Waals surface area contributed by atoms with Crippen molar-refractivity contribution in [2.45, 2.75) is 11.8 Å². The summed E-state index contributed by atoms with van der Waals surface area (Å²) >= 11 is 7.25. The first-order valence-corrected chi connectivity index (χ1v) is 6.01.